The Balaban J connectivity index is 0.00000210. The number of rotatable bonds is 5. The lowest BCUT2D eigenvalue weighted by molar-refractivity contribution is 0.174. The Hall–Kier alpha value is -2.42. The summed E-state index contributed by atoms with van der Waals surface area (Å²) in [4.78, 5) is 4.26. The van der Waals surface area contributed by atoms with Gasteiger partial charge in [0.1, 0.15) is 11.3 Å². The van der Waals surface area contributed by atoms with Crippen molar-refractivity contribution in [1.29, 1.82) is 0 Å². The molecule has 6 nitrogen and oxygen atoms in total. The third-order valence-corrected chi connectivity index (χ3v) is 4.26. The molecule has 3 aromatic rings. The first kappa shape index (κ1) is 19.3. The number of nitrogens with one attached hydrogen (secondary N) is 2. The highest BCUT2D eigenvalue weighted by molar-refractivity contribution is 14.0. The minimum atomic E-state index is 0. The van der Waals surface area contributed by atoms with Crippen LogP contribution in [0.3, 0.4) is 0 Å². The number of nitrogens with zero attached hydrogens (tertiary/aromatic N) is 1. The number of hydrogen-bond acceptors (Lipinski definition) is 4. The van der Waals surface area contributed by atoms with Gasteiger partial charge < -0.3 is 24.5 Å². The van der Waals surface area contributed by atoms with E-state index >= 15 is 0 Å². The number of fused-ring (bicyclic) bond motifs is 2. The average molecular weight is 479 g/mol. The zero-order chi connectivity index (χ0) is 17.8. The zero-order valence-corrected chi connectivity index (χ0v) is 17.4. The van der Waals surface area contributed by atoms with Crippen molar-refractivity contribution in [2.45, 2.75) is 13.0 Å². The minimum absolute atomic E-state index is 0. The number of aliphatic imine (C=N–C) groups is 1. The van der Waals surface area contributed by atoms with Crippen molar-refractivity contribution in [3.05, 3.63) is 59.9 Å². The van der Waals surface area contributed by atoms with E-state index in [0.29, 0.717) is 6.54 Å². The van der Waals surface area contributed by atoms with Crippen LogP contribution in [0.25, 0.3) is 11.0 Å². The Morgan fingerprint density at radius 1 is 1.04 bits per heavy atom. The van der Waals surface area contributed by atoms with E-state index in [0.717, 1.165) is 52.7 Å². The largest absolute Gasteiger partial charge is 0.461 e. The van der Waals surface area contributed by atoms with Gasteiger partial charge in [-0.05, 0) is 29.8 Å². The van der Waals surface area contributed by atoms with Gasteiger partial charge in [-0.15, -0.1) is 24.0 Å². The monoisotopic (exact) mass is 479 g/mol. The standard InChI is InChI=1S/C20H21N3O3.HI/c1-21-20(23-12-14-6-7-18-19(10-14)25-13-24-18)22-9-8-16-11-15-4-2-3-5-17(15)26-16;/h2-7,10-11H,8-9,12-13H2,1H3,(H2,21,22,23);1H. The molecule has 0 saturated carbocycles. The van der Waals surface area contributed by atoms with Crippen LogP contribution < -0.4 is 20.1 Å². The highest BCUT2D eigenvalue weighted by atomic mass is 127. The molecule has 0 unspecified atom stereocenters. The molecular weight excluding hydrogens is 457 g/mol. The number of hydrogen-bond donors (Lipinski definition) is 2. The summed E-state index contributed by atoms with van der Waals surface area (Å²) < 4.78 is 16.6. The van der Waals surface area contributed by atoms with Gasteiger partial charge in [0.15, 0.2) is 17.5 Å². The molecule has 27 heavy (non-hydrogen) atoms. The molecule has 0 atom stereocenters. The van der Waals surface area contributed by atoms with Crippen LogP contribution in [-0.4, -0.2) is 26.3 Å². The maximum Gasteiger partial charge on any atom is 0.231 e. The quantitative estimate of drug-likeness (QED) is 0.332. The molecule has 1 aromatic heterocycles. The zero-order valence-electron chi connectivity index (χ0n) is 15.0. The predicted octanol–water partition coefficient (Wildman–Crippen LogP) is 3.69. The molecule has 0 bridgehead atoms. The van der Waals surface area contributed by atoms with Crippen molar-refractivity contribution in [2.24, 2.45) is 4.99 Å². The number of ether oxygens (including phenoxy) is 2. The van der Waals surface area contributed by atoms with Crippen LogP contribution >= 0.6 is 24.0 Å². The highest BCUT2D eigenvalue weighted by Crippen LogP contribution is 2.32. The molecule has 2 aromatic carbocycles. The predicted molar refractivity (Wildman–Crippen MR) is 116 cm³/mol. The molecule has 1 aliphatic heterocycles. The number of guanidine groups is 1. The van der Waals surface area contributed by atoms with E-state index in [-0.39, 0.29) is 30.8 Å². The van der Waals surface area contributed by atoms with Crippen LogP contribution in [0.1, 0.15) is 11.3 Å². The summed E-state index contributed by atoms with van der Waals surface area (Å²) in [6, 6.07) is 16.0. The molecule has 0 fully saturated rings. The Labute approximate surface area is 175 Å². The van der Waals surface area contributed by atoms with Crippen LogP contribution in [-0.2, 0) is 13.0 Å². The molecule has 2 heterocycles. The number of furan rings is 1. The fourth-order valence-corrected chi connectivity index (χ4v) is 2.92. The molecular formula is C20H22IN3O3. The van der Waals surface area contributed by atoms with Gasteiger partial charge in [0, 0.05) is 31.9 Å². The third-order valence-electron chi connectivity index (χ3n) is 4.26. The SMILES string of the molecule is CN=C(NCCc1cc2ccccc2o1)NCc1ccc2c(c1)OCO2.I. The minimum Gasteiger partial charge on any atom is -0.461 e. The second-order valence-corrected chi connectivity index (χ2v) is 6.04. The van der Waals surface area contributed by atoms with Crippen molar-refractivity contribution in [3.8, 4) is 11.5 Å². The number of para-hydroxylation sites is 1. The van der Waals surface area contributed by atoms with Gasteiger partial charge in [-0.25, -0.2) is 0 Å². The van der Waals surface area contributed by atoms with Crippen LogP contribution in [0.4, 0.5) is 0 Å². The first-order valence-electron chi connectivity index (χ1n) is 8.62. The van der Waals surface area contributed by atoms with Crippen molar-refractivity contribution < 1.29 is 13.9 Å². The van der Waals surface area contributed by atoms with Crippen molar-refractivity contribution in [1.82, 2.24) is 10.6 Å². The van der Waals surface area contributed by atoms with Crippen molar-refractivity contribution >= 4 is 40.9 Å². The molecule has 7 heteroatoms. The van der Waals surface area contributed by atoms with Crippen LogP contribution in [0.15, 0.2) is 57.9 Å². The average Bonchev–Trinajstić information content (AvgIpc) is 3.30. The summed E-state index contributed by atoms with van der Waals surface area (Å²) in [7, 11) is 1.76. The van der Waals surface area contributed by atoms with Crippen molar-refractivity contribution in [2.75, 3.05) is 20.4 Å². The summed E-state index contributed by atoms with van der Waals surface area (Å²) in [6.45, 7) is 1.68. The molecule has 0 saturated heterocycles. The molecule has 0 aliphatic carbocycles. The van der Waals surface area contributed by atoms with E-state index in [1.807, 2.05) is 36.4 Å². The number of benzene rings is 2. The first-order chi connectivity index (χ1) is 12.8. The third kappa shape index (κ3) is 4.65. The summed E-state index contributed by atoms with van der Waals surface area (Å²) >= 11 is 0. The molecule has 1 aliphatic rings. The first-order valence-corrected chi connectivity index (χ1v) is 8.62. The Morgan fingerprint density at radius 3 is 2.74 bits per heavy atom. The van der Waals surface area contributed by atoms with E-state index in [4.69, 9.17) is 13.9 Å². The van der Waals surface area contributed by atoms with Gasteiger partial charge in [-0.3, -0.25) is 4.99 Å². The fourth-order valence-electron chi connectivity index (χ4n) is 2.92. The second kappa shape index (κ2) is 8.98. The van der Waals surface area contributed by atoms with E-state index in [9.17, 15) is 0 Å². The van der Waals surface area contributed by atoms with E-state index in [1.54, 1.807) is 7.05 Å². The molecule has 0 amide bonds. The lowest BCUT2D eigenvalue weighted by Gasteiger charge is -2.11. The lowest BCUT2D eigenvalue weighted by atomic mass is 10.2. The van der Waals surface area contributed by atoms with Crippen LogP contribution in [0.5, 0.6) is 11.5 Å². The lowest BCUT2D eigenvalue weighted by Crippen LogP contribution is -2.37. The topological polar surface area (TPSA) is 68.0 Å². The maximum atomic E-state index is 5.83. The van der Waals surface area contributed by atoms with Gasteiger partial charge in [0.05, 0.1) is 0 Å². The Bertz CT molecular complexity index is 906. The summed E-state index contributed by atoms with van der Waals surface area (Å²) in [6.07, 6.45) is 0.791. The molecule has 4 rings (SSSR count). The van der Waals surface area contributed by atoms with Crippen LogP contribution in [0, 0.1) is 0 Å². The molecule has 2 N–H and O–H groups in total. The van der Waals surface area contributed by atoms with Gasteiger partial charge in [0.2, 0.25) is 6.79 Å². The van der Waals surface area contributed by atoms with Gasteiger partial charge in [0.25, 0.3) is 0 Å². The smallest absolute Gasteiger partial charge is 0.231 e. The Morgan fingerprint density at radius 2 is 1.89 bits per heavy atom. The van der Waals surface area contributed by atoms with Gasteiger partial charge in [-0.2, -0.15) is 0 Å². The summed E-state index contributed by atoms with van der Waals surface area (Å²) in [5.74, 6) is 3.29. The molecule has 0 spiro atoms. The van der Waals surface area contributed by atoms with Crippen molar-refractivity contribution in [3.63, 3.8) is 0 Å². The number of halogens is 1. The maximum absolute atomic E-state index is 5.83. The van der Waals surface area contributed by atoms with E-state index < -0.39 is 0 Å². The van der Waals surface area contributed by atoms with E-state index in [1.165, 1.54) is 0 Å². The van der Waals surface area contributed by atoms with E-state index in [2.05, 4.69) is 27.8 Å². The summed E-state index contributed by atoms with van der Waals surface area (Å²) in [5, 5.41) is 7.74. The molecule has 142 valence electrons. The Kier molecular flexibility index (Phi) is 6.44. The normalized spacial score (nSPS) is 12.7. The van der Waals surface area contributed by atoms with Gasteiger partial charge in [-0.1, -0.05) is 24.3 Å². The van der Waals surface area contributed by atoms with Gasteiger partial charge >= 0.3 is 0 Å². The summed E-state index contributed by atoms with van der Waals surface area (Å²) in [5.41, 5.74) is 2.03. The highest BCUT2D eigenvalue weighted by Gasteiger charge is 2.13. The second-order valence-electron chi connectivity index (χ2n) is 6.04. The van der Waals surface area contributed by atoms with Crippen LogP contribution in [0.2, 0.25) is 0 Å². The molecule has 0 radical (unpaired) electrons. The fraction of sp³-hybridized carbons (Fsp3) is 0.250.